The van der Waals surface area contributed by atoms with Crippen molar-refractivity contribution in [3.63, 3.8) is 0 Å². The fourth-order valence-corrected chi connectivity index (χ4v) is 4.15. The molecule has 3 rings (SSSR count). The number of hydrogen-bond donors (Lipinski definition) is 3. The van der Waals surface area contributed by atoms with Gasteiger partial charge in [0, 0.05) is 37.0 Å². The zero-order valence-corrected chi connectivity index (χ0v) is 19.9. The van der Waals surface area contributed by atoms with Crippen LogP contribution in [0.3, 0.4) is 0 Å². The summed E-state index contributed by atoms with van der Waals surface area (Å²) in [6, 6.07) is 12.4. The molecule has 0 unspecified atom stereocenters. The Morgan fingerprint density at radius 1 is 1.15 bits per heavy atom. The molecule has 0 aromatic heterocycles. The largest absolute Gasteiger partial charge is 0.425 e. The SMILES string of the molecule is CCCC[C@H](C(=O)Oc1ccc(C(=N)N2CCCC2)cc1C)N(C)c1cccc(C(=N)N)c1. The van der Waals surface area contributed by atoms with E-state index >= 15 is 0 Å². The second-order valence-corrected chi connectivity index (χ2v) is 8.68. The van der Waals surface area contributed by atoms with Gasteiger partial charge in [-0.2, -0.15) is 0 Å². The minimum atomic E-state index is -0.464. The van der Waals surface area contributed by atoms with Gasteiger partial charge in [-0.1, -0.05) is 31.9 Å². The molecule has 4 N–H and O–H groups in total. The average molecular weight is 450 g/mol. The molecule has 7 nitrogen and oxygen atoms in total. The third kappa shape index (κ3) is 5.92. The minimum absolute atomic E-state index is 0.00635. The molecular formula is C26H35N5O2. The van der Waals surface area contributed by atoms with Gasteiger partial charge in [-0.3, -0.25) is 10.8 Å². The Labute approximate surface area is 196 Å². The fraction of sp³-hybridized carbons (Fsp3) is 0.423. The van der Waals surface area contributed by atoms with Crippen molar-refractivity contribution < 1.29 is 9.53 Å². The minimum Gasteiger partial charge on any atom is -0.425 e. The van der Waals surface area contributed by atoms with Crippen LogP contribution in [0, 0.1) is 17.7 Å². The van der Waals surface area contributed by atoms with Crippen LogP contribution in [-0.4, -0.2) is 48.7 Å². The van der Waals surface area contributed by atoms with Gasteiger partial charge >= 0.3 is 5.97 Å². The normalized spacial score (nSPS) is 14.1. The standard InChI is InChI=1S/C26H35N5O2/c1-4-5-11-22(30(3)21-10-8-9-19(17-21)24(27)28)26(32)33-23-13-12-20(16-18(23)2)25(29)31-14-6-7-15-31/h8-10,12-13,16-17,22,29H,4-7,11,14-15H2,1-3H3,(H3,27,28)/t22-/m1/s1. The zero-order chi connectivity index (χ0) is 24.0. The van der Waals surface area contributed by atoms with Gasteiger partial charge in [-0.25, -0.2) is 4.79 Å². The number of likely N-dealkylation sites (tertiary alicyclic amines) is 1. The molecule has 0 amide bonds. The lowest BCUT2D eigenvalue weighted by Crippen LogP contribution is -2.41. The van der Waals surface area contributed by atoms with Crippen molar-refractivity contribution >= 4 is 23.3 Å². The molecular weight excluding hydrogens is 414 g/mol. The number of unbranched alkanes of at least 4 members (excludes halogenated alkanes) is 1. The van der Waals surface area contributed by atoms with Crippen LogP contribution in [0.25, 0.3) is 0 Å². The molecule has 1 heterocycles. The number of nitrogen functional groups attached to an aromatic ring is 1. The maximum absolute atomic E-state index is 13.3. The van der Waals surface area contributed by atoms with E-state index in [1.165, 1.54) is 0 Å². The van der Waals surface area contributed by atoms with Gasteiger partial charge in [0.25, 0.3) is 0 Å². The number of carbonyl (C=O) groups is 1. The van der Waals surface area contributed by atoms with Crippen LogP contribution < -0.4 is 15.4 Å². The van der Waals surface area contributed by atoms with Crippen molar-refractivity contribution in [2.75, 3.05) is 25.0 Å². The van der Waals surface area contributed by atoms with Crippen molar-refractivity contribution in [3.05, 3.63) is 59.2 Å². The molecule has 0 radical (unpaired) electrons. The van der Waals surface area contributed by atoms with Crippen molar-refractivity contribution in [1.29, 1.82) is 10.8 Å². The summed E-state index contributed by atoms with van der Waals surface area (Å²) in [6.07, 6.45) is 4.77. The van der Waals surface area contributed by atoms with Crippen LogP contribution in [-0.2, 0) is 4.79 Å². The molecule has 7 heteroatoms. The molecule has 33 heavy (non-hydrogen) atoms. The van der Waals surface area contributed by atoms with Crippen molar-refractivity contribution in [2.24, 2.45) is 5.73 Å². The molecule has 0 bridgehead atoms. The Bertz CT molecular complexity index is 1010. The van der Waals surface area contributed by atoms with E-state index in [0.717, 1.165) is 55.6 Å². The summed E-state index contributed by atoms with van der Waals surface area (Å²) in [7, 11) is 1.87. The third-order valence-corrected chi connectivity index (χ3v) is 6.22. The number of esters is 1. The van der Waals surface area contributed by atoms with E-state index in [1.807, 2.05) is 49.2 Å². The lowest BCUT2D eigenvalue weighted by atomic mass is 10.1. The Hall–Kier alpha value is -3.35. The highest BCUT2D eigenvalue weighted by molar-refractivity contribution is 5.97. The monoisotopic (exact) mass is 449 g/mol. The van der Waals surface area contributed by atoms with Crippen LogP contribution in [0.2, 0.25) is 0 Å². The quantitative estimate of drug-likeness (QED) is 0.229. The first-order valence-corrected chi connectivity index (χ1v) is 11.6. The van der Waals surface area contributed by atoms with Crippen LogP contribution in [0.4, 0.5) is 5.69 Å². The molecule has 1 fully saturated rings. The molecule has 2 aromatic rings. The molecule has 1 aliphatic rings. The maximum Gasteiger partial charge on any atom is 0.334 e. The Kier molecular flexibility index (Phi) is 8.09. The van der Waals surface area contributed by atoms with Gasteiger partial charge < -0.3 is 20.3 Å². The van der Waals surface area contributed by atoms with E-state index in [2.05, 4.69) is 11.8 Å². The number of nitrogens with two attached hydrogens (primary N) is 1. The Balaban J connectivity index is 1.77. The highest BCUT2D eigenvalue weighted by Crippen LogP contribution is 2.25. The second kappa shape index (κ2) is 11.0. The lowest BCUT2D eigenvalue weighted by Gasteiger charge is -2.29. The Morgan fingerprint density at radius 3 is 2.52 bits per heavy atom. The summed E-state index contributed by atoms with van der Waals surface area (Å²) < 4.78 is 5.85. The number of likely N-dealkylation sites (N-methyl/N-ethyl adjacent to an activating group) is 1. The molecule has 1 saturated heterocycles. The summed E-state index contributed by atoms with van der Waals surface area (Å²) >= 11 is 0. The van der Waals surface area contributed by atoms with Gasteiger partial charge in [-0.15, -0.1) is 0 Å². The van der Waals surface area contributed by atoms with E-state index < -0.39 is 6.04 Å². The van der Waals surface area contributed by atoms with Gasteiger partial charge in [0.1, 0.15) is 23.5 Å². The summed E-state index contributed by atoms with van der Waals surface area (Å²) in [6.45, 7) is 5.84. The first kappa shape index (κ1) is 24.3. The topological polar surface area (TPSA) is 107 Å². The summed E-state index contributed by atoms with van der Waals surface area (Å²) in [5, 5.41) is 16.2. The number of ether oxygens (including phenoxy) is 1. The second-order valence-electron chi connectivity index (χ2n) is 8.68. The summed E-state index contributed by atoms with van der Waals surface area (Å²) in [4.78, 5) is 17.2. The number of anilines is 1. The van der Waals surface area contributed by atoms with Crippen molar-refractivity contribution in [2.45, 2.75) is 52.0 Å². The van der Waals surface area contributed by atoms with Crippen LogP contribution in [0.5, 0.6) is 5.75 Å². The smallest absolute Gasteiger partial charge is 0.334 e. The van der Waals surface area contributed by atoms with Gasteiger partial charge in [0.2, 0.25) is 0 Å². The first-order valence-electron chi connectivity index (χ1n) is 11.6. The fourth-order valence-electron chi connectivity index (χ4n) is 4.15. The number of aryl methyl sites for hydroxylation is 1. The van der Waals surface area contributed by atoms with Crippen LogP contribution in [0.1, 0.15) is 55.7 Å². The molecule has 0 saturated carbocycles. The number of rotatable bonds is 9. The van der Waals surface area contributed by atoms with E-state index in [1.54, 1.807) is 12.1 Å². The summed E-state index contributed by atoms with van der Waals surface area (Å²) in [5.74, 6) is 0.725. The van der Waals surface area contributed by atoms with Crippen LogP contribution >= 0.6 is 0 Å². The molecule has 176 valence electrons. The van der Waals surface area contributed by atoms with Crippen LogP contribution in [0.15, 0.2) is 42.5 Å². The number of amidine groups is 2. The average Bonchev–Trinajstić information content (AvgIpc) is 3.35. The number of nitrogens with one attached hydrogen (secondary N) is 2. The predicted molar refractivity (Wildman–Crippen MR) is 134 cm³/mol. The van der Waals surface area contributed by atoms with Gasteiger partial charge in [0.15, 0.2) is 0 Å². The molecule has 0 aliphatic carbocycles. The zero-order valence-electron chi connectivity index (χ0n) is 19.9. The third-order valence-electron chi connectivity index (χ3n) is 6.22. The highest BCUT2D eigenvalue weighted by atomic mass is 16.5. The first-order chi connectivity index (χ1) is 15.8. The van der Waals surface area contributed by atoms with E-state index in [9.17, 15) is 4.79 Å². The summed E-state index contributed by atoms with van der Waals surface area (Å²) in [5.41, 5.74) is 8.75. The van der Waals surface area contributed by atoms with Gasteiger partial charge in [-0.05, 0) is 62.1 Å². The van der Waals surface area contributed by atoms with E-state index in [-0.39, 0.29) is 11.8 Å². The number of hydrogen-bond acceptors (Lipinski definition) is 5. The number of benzene rings is 2. The molecule has 2 aromatic carbocycles. The van der Waals surface area contributed by atoms with Gasteiger partial charge in [0.05, 0.1) is 0 Å². The van der Waals surface area contributed by atoms with Crippen molar-refractivity contribution in [1.82, 2.24) is 4.90 Å². The number of carbonyl (C=O) groups excluding carboxylic acids is 1. The highest BCUT2D eigenvalue weighted by Gasteiger charge is 2.26. The van der Waals surface area contributed by atoms with E-state index in [0.29, 0.717) is 23.6 Å². The van der Waals surface area contributed by atoms with Crippen molar-refractivity contribution in [3.8, 4) is 5.75 Å². The lowest BCUT2D eigenvalue weighted by molar-refractivity contribution is -0.136. The molecule has 1 atom stereocenters. The molecule has 0 spiro atoms. The Morgan fingerprint density at radius 2 is 1.88 bits per heavy atom. The maximum atomic E-state index is 13.3. The van der Waals surface area contributed by atoms with E-state index in [4.69, 9.17) is 21.3 Å². The molecule has 1 aliphatic heterocycles. The number of nitrogens with zero attached hydrogens (tertiary/aromatic N) is 2. The predicted octanol–water partition coefficient (Wildman–Crippen LogP) is 4.30.